The molecule has 0 aromatic rings. The van der Waals surface area contributed by atoms with Crippen molar-refractivity contribution in [2.24, 2.45) is 0 Å². The molecule has 2 amide bonds. The van der Waals surface area contributed by atoms with Crippen LogP contribution in [-0.4, -0.2) is 73.3 Å². The van der Waals surface area contributed by atoms with Crippen LogP contribution < -0.4 is 0 Å². The molecule has 100 valence electrons. The number of hydrogen-bond acceptors (Lipinski definition) is 3. The van der Waals surface area contributed by atoms with Crippen molar-refractivity contribution >= 4 is 11.8 Å². The maximum absolute atomic E-state index is 11.4. The Kier molecular flexibility index (Phi) is 7.54. The van der Waals surface area contributed by atoms with Crippen molar-refractivity contribution in [1.82, 2.24) is 14.7 Å². The maximum Gasteiger partial charge on any atom is 0.236 e. The van der Waals surface area contributed by atoms with E-state index in [-0.39, 0.29) is 11.8 Å². The first-order valence-corrected chi connectivity index (χ1v) is 6.18. The summed E-state index contributed by atoms with van der Waals surface area (Å²) in [5, 5.41) is 0. The van der Waals surface area contributed by atoms with E-state index < -0.39 is 0 Å². The van der Waals surface area contributed by atoms with E-state index in [1.807, 2.05) is 18.7 Å². The van der Waals surface area contributed by atoms with Crippen molar-refractivity contribution in [3.8, 4) is 0 Å². The highest BCUT2D eigenvalue weighted by Crippen LogP contribution is 2.01. The Bertz CT molecular complexity index is 246. The van der Waals surface area contributed by atoms with E-state index in [2.05, 4.69) is 4.90 Å². The summed E-state index contributed by atoms with van der Waals surface area (Å²) in [4.78, 5) is 28.0. The van der Waals surface area contributed by atoms with Gasteiger partial charge in [0.05, 0.1) is 6.54 Å². The molecule has 0 N–H and O–H groups in total. The molecule has 0 saturated carbocycles. The van der Waals surface area contributed by atoms with Gasteiger partial charge in [-0.15, -0.1) is 0 Å². The van der Waals surface area contributed by atoms with Gasteiger partial charge in [-0.25, -0.2) is 0 Å². The maximum atomic E-state index is 11.4. The smallest absolute Gasteiger partial charge is 0.236 e. The van der Waals surface area contributed by atoms with Crippen molar-refractivity contribution in [3.63, 3.8) is 0 Å². The van der Waals surface area contributed by atoms with Crippen LogP contribution in [-0.2, 0) is 9.59 Å². The van der Waals surface area contributed by atoms with E-state index in [0.29, 0.717) is 6.54 Å². The predicted octanol–water partition coefficient (Wildman–Crippen LogP) is 0.265. The standard InChI is InChI=1S/C10H19N3O2.C2H6/c1-9(14)13-6-4-12(5-7-13)8-10(15)11(2)3;1-2/h4-8H2,1-3H3;1-2H3. The number of hydrogen-bond donors (Lipinski definition) is 0. The lowest BCUT2D eigenvalue weighted by atomic mass is 10.3. The summed E-state index contributed by atoms with van der Waals surface area (Å²) >= 11 is 0. The highest BCUT2D eigenvalue weighted by molar-refractivity contribution is 5.77. The van der Waals surface area contributed by atoms with E-state index in [1.54, 1.807) is 25.9 Å². The first kappa shape index (κ1) is 15.9. The molecule has 0 radical (unpaired) electrons. The zero-order valence-corrected chi connectivity index (χ0v) is 11.7. The summed E-state index contributed by atoms with van der Waals surface area (Å²) in [6.45, 7) is 9.09. The fraction of sp³-hybridized carbons (Fsp3) is 0.833. The van der Waals surface area contributed by atoms with Crippen LogP contribution in [0.2, 0.25) is 0 Å². The van der Waals surface area contributed by atoms with Crippen LogP contribution in [0.25, 0.3) is 0 Å². The van der Waals surface area contributed by atoms with E-state index in [1.165, 1.54) is 0 Å². The summed E-state index contributed by atoms with van der Waals surface area (Å²) in [7, 11) is 3.52. The normalized spacial score (nSPS) is 15.9. The predicted molar refractivity (Wildman–Crippen MR) is 68.7 cm³/mol. The molecule has 5 nitrogen and oxygen atoms in total. The summed E-state index contributed by atoms with van der Waals surface area (Å²) in [5.74, 6) is 0.236. The Morgan fingerprint density at radius 3 is 1.88 bits per heavy atom. The van der Waals surface area contributed by atoms with Crippen LogP contribution in [0.3, 0.4) is 0 Å². The van der Waals surface area contributed by atoms with Gasteiger partial charge in [0.15, 0.2) is 0 Å². The molecule has 0 bridgehead atoms. The van der Waals surface area contributed by atoms with Crippen molar-refractivity contribution in [3.05, 3.63) is 0 Å². The van der Waals surface area contributed by atoms with Crippen molar-refractivity contribution in [2.45, 2.75) is 20.8 Å². The third kappa shape index (κ3) is 5.68. The molecule has 1 aliphatic heterocycles. The van der Waals surface area contributed by atoms with E-state index >= 15 is 0 Å². The minimum Gasteiger partial charge on any atom is -0.348 e. The van der Waals surface area contributed by atoms with Gasteiger partial charge in [-0.1, -0.05) is 13.8 Å². The number of carbonyl (C=O) groups excluding carboxylic acids is 2. The molecule has 1 heterocycles. The second-order valence-electron chi connectivity index (χ2n) is 4.07. The van der Waals surface area contributed by atoms with Gasteiger partial charge in [-0.3, -0.25) is 14.5 Å². The van der Waals surface area contributed by atoms with Crippen LogP contribution in [0.1, 0.15) is 20.8 Å². The van der Waals surface area contributed by atoms with Gasteiger partial charge in [0.1, 0.15) is 0 Å². The van der Waals surface area contributed by atoms with Gasteiger partial charge in [0.2, 0.25) is 11.8 Å². The Hall–Kier alpha value is -1.10. The number of amides is 2. The quantitative estimate of drug-likeness (QED) is 0.699. The molecule has 17 heavy (non-hydrogen) atoms. The second-order valence-corrected chi connectivity index (χ2v) is 4.07. The number of likely N-dealkylation sites (N-methyl/N-ethyl adjacent to an activating group) is 1. The minimum atomic E-state index is 0.117. The summed E-state index contributed by atoms with van der Waals surface area (Å²) in [5.41, 5.74) is 0. The molecular formula is C12H25N3O2. The molecule has 5 heteroatoms. The lowest BCUT2D eigenvalue weighted by Gasteiger charge is -2.34. The molecule has 1 rings (SSSR count). The van der Waals surface area contributed by atoms with Gasteiger partial charge in [0, 0.05) is 47.2 Å². The molecule has 1 aliphatic rings. The Morgan fingerprint density at radius 1 is 1.06 bits per heavy atom. The molecule has 0 unspecified atom stereocenters. The molecular weight excluding hydrogens is 218 g/mol. The number of carbonyl (C=O) groups is 2. The molecule has 0 aromatic heterocycles. The van der Waals surface area contributed by atoms with Gasteiger partial charge < -0.3 is 9.80 Å². The van der Waals surface area contributed by atoms with Crippen LogP contribution in [0, 0.1) is 0 Å². The molecule has 0 aromatic carbocycles. The number of rotatable bonds is 2. The molecule has 1 fully saturated rings. The first-order chi connectivity index (χ1) is 8.00. The second kappa shape index (κ2) is 8.06. The number of nitrogens with zero attached hydrogens (tertiary/aromatic N) is 3. The fourth-order valence-corrected chi connectivity index (χ4v) is 1.55. The lowest BCUT2D eigenvalue weighted by molar-refractivity contribution is -0.132. The number of piperazine rings is 1. The van der Waals surface area contributed by atoms with Crippen LogP contribution in [0.5, 0.6) is 0 Å². The van der Waals surface area contributed by atoms with Crippen LogP contribution >= 0.6 is 0 Å². The summed E-state index contributed by atoms with van der Waals surface area (Å²) < 4.78 is 0. The van der Waals surface area contributed by atoms with E-state index in [0.717, 1.165) is 26.2 Å². The zero-order valence-electron chi connectivity index (χ0n) is 11.7. The van der Waals surface area contributed by atoms with Crippen LogP contribution in [0.4, 0.5) is 0 Å². The molecule has 0 aliphatic carbocycles. The Balaban J connectivity index is 0.00000121. The van der Waals surface area contributed by atoms with Gasteiger partial charge >= 0.3 is 0 Å². The SMILES string of the molecule is CC.CC(=O)N1CCN(CC(=O)N(C)C)CC1. The fourth-order valence-electron chi connectivity index (χ4n) is 1.55. The largest absolute Gasteiger partial charge is 0.348 e. The lowest BCUT2D eigenvalue weighted by Crippen LogP contribution is -2.50. The monoisotopic (exact) mass is 243 g/mol. The summed E-state index contributed by atoms with van der Waals surface area (Å²) in [6.07, 6.45) is 0. The van der Waals surface area contributed by atoms with E-state index in [9.17, 15) is 9.59 Å². The Morgan fingerprint density at radius 2 is 1.53 bits per heavy atom. The van der Waals surface area contributed by atoms with Crippen molar-refractivity contribution in [2.75, 3.05) is 46.8 Å². The average Bonchev–Trinajstić information content (AvgIpc) is 2.32. The summed E-state index contributed by atoms with van der Waals surface area (Å²) in [6, 6.07) is 0. The van der Waals surface area contributed by atoms with Gasteiger partial charge in [0.25, 0.3) is 0 Å². The first-order valence-electron chi connectivity index (χ1n) is 6.18. The van der Waals surface area contributed by atoms with Crippen molar-refractivity contribution < 1.29 is 9.59 Å². The zero-order chi connectivity index (χ0) is 13.4. The minimum absolute atomic E-state index is 0.117. The third-order valence-electron chi connectivity index (χ3n) is 2.68. The third-order valence-corrected chi connectivity index (χ3v) is 2.68. The van der Waals surface area contributed by atoms with E-state index in [4.69, 9.17) is 0 Å². The molecule has 1 saturated heterocycles. The highest BCUT2D eigenvalue weighted by atomic mass is 16.2. The van der Waals surface area contributed by atoms with Crippen molar-refractivity contribution in [1.29, 1.82) is 0 Å². The molecule has 0 spiro atoms. The highest BCUT2D eigenvalue weighted by Gasteiger charge is 2.20. The topological polar surface area (TPSA) is 43.9 Å². The molecule has 0 atom stereocenters. The Labute approximate surface area is 104 Å². The van der Waals surface area contributed by atoms with Gasteiger partial charge in [-0.05, 0) is 0 Å². The average molecular weight is 243 g/mol. The van der Waals surface area contributed by atoms with Gasteiger partial charge in [-0.2, -0.15) is 0 Å². The van der Waals surface area contributed by atoms with Crippen LogP contribution in [0.15, 0.2) is 0 Å².